The third-order valence-electron chi connectivity index (χ3n) is 3.62. The van der Waals surface area contributed by atoms with E-state index < -0.39 is 11.5 Å². The molecule has 0 saturated carbocycles. The van der Waals surface area contributed by atoms with Crippen LogP contribution < -0.4 is 11.1 Å². The van der Waals surface area contributed by atoms with Gasteiger partial charge in [0, 0.05) is 45.7 Å². The average molecular weight is 315 g/mol. The predicted octanol–water partition coefficient (Wildman–Crippen LogP) is 2.32. The van der Waals surface area contributed by atoms with Gasteiger partial charge in [-0.2, -0.15) is 0 Å². The van der Waals surface area contributed by atoms with Crippen molar-refractivity contribution in [3.05, 3.63) is 29.0 Å². The van der Waals surface area contributed by atoms with Crippen LogP contribution in [0, 0.1) is 5.82 Å². The number of urea groups is 1. The summed E-state index contributed by atoms with van der Waals surface area (Å²) in [5, 5.41) is 3.25. The van der Waals surface area contributed by atoms with Gasteiger partial charge in [0.25, 0.3) is 0 Å². The molecular formula is C14H20ClFN4O. The number of nitrogens with two attached hydrogens (primary N) is 1. The molecule has 116 valence electrons. The Bertz CT molecular complexity index is 530. The lowest BCUT2D eigenvalue weighted by molar-refractivity contribution is 0.144. The Morgan fingerprint density at radius 3 is 2.57 bits per heavy atom. The Morgan fingerprint density at radius 2 is 2.05 bits per heavy atom. The van der Waals surface area contributed by atoms with Crippen LogP contribution in [0.15, 0.2) is 18.2 Å². The zero-order valence-electron chi connectivity index (χ0n) is 12.2. The summed E-state index contributed by atoms with van der Waals surface area (Å²) in [4.78, 5) is 15.2. The van der Waals surface area contributed by atoms with Gasteiger partial charge >= 0.3 is 6.03 Å². The molecule has 0 aromatic heterocycles. The SMILES string of the molecule is CN(C)C(=O)N1CCC(N)(Nc2ccc(F)c(Cl)c2)CC1. The molecule has 2 amide bonds. The van der Waals surface area contributed by atoms with Crippen molar-refractivity contribution >= 4 is 23.3 Å². The highest BCUT2D eigenvalue weighted by Gasteiger charge is 2.32. The Morgan fingerprint density at radius 1 is 1.43 bits per heavy atom. The van der Waals surface area contributed by atoms with Gasteiger partial charge in [-0.05, 0) is 18.2 Å². The Balaban J connectivity index is 1.98. The first-order chi connectivity index (χ1) is 9.81. The van der Waals surface area contributed by atoms with Crippen molar-refractivity contribution in [1.82, 2.24) is 9.80 Å². The number of amides is 2. The summed E-state index contributed by atoms with van der Waals surface area (Å²) >= 11 is 5.76. The number of anilines is 1. The van der Waals surface area contributed by atoms with E-state index in [1.54, 1.807) is 30.0 Å². The molecule has 0 radical (unpaired) electrons. The highest BCUT2D eigenvalue weighted by atomic mass is 35.5. The number of carbonyl (C=O) groups is 1. The monoisotopic (exact) mass is 314 g/mol. The maximum absolute atomic E-state index is 13.1. The van der Waals surface area contributed by atoms with Crippen molar-refractivity contribution in [2.75, 3.05) is 32.5 Å². The van der Waals surface area contributed by atoms with Crippen LogP contribution >= 0.6 is 11.6 Å². The summed E-state index contributed by atoms with van der Waals surface area (Å²) in [6, 6.07) is 4.41. The van der Waals surface area contributed by atoms with Crippen LogP contribution in [0.3, 0.4) is 0 Å². The van der Waals surface area contributed by atoms with Gasteiger partial charge in [0.1, 0.15) is 5.82 Å². The molecule has 7 heteroatoms. The molecular weight excluding hydrogens is 295 g/mol. The molecule has 0 aliphatic carbocycles. The van der Waals surface area contributed by atoms with Gasteiger partial charge in [-0.3, -0.25) is 0 Å². The highest BCUT2D eigenvalue weighted by molar-refractivity contribution is 6.31. The largest absolute Gasteiger partial charge is 0.367 e. The maximum Gasteiger partial charge on any atom is 0.319 e. The lowest BCUT2D eigenvalue weighted by atomic mass is 9.97. The lowest BCUT2D eigenvalue weighted by Gasteiger charge is -2.41. The summed E-state index contributed by atoms with van der Waals surface area (Å²) in [6.45, 7) is 1.16. The molecule has 21 heavy (non-hydrogen) atoms. The topological polar surface area (TPSA) is 61.6 Å². The van der Waals surface area contributed by atoms with Gasteiger partial charge in [-0.1, -0.05) is 11.6 Å². The smallest absolute Gasteiger partial charge is 0.319 e. The fourth-order valence-electron chi connectivity index (χ4n) is 2.37. The van der Waals surface area contributed by atoms with E-state index in [0.29, 0.717) is 31.6 Å². The highest BCUT2D eigenvalue weighted by Crippen LogP contribution is 2.26. The van der Waals surface area contributed by atoms with Gasteiger partial charge in [0.05, 0.1) is 10.7 Å². The fraction of sp³-hybridized carbons (Fsp3) is 0.500. The Hall–Kier alpha value is -1.53. The van der Waals surface area contributed by atoms with Crippen LogP contribution in [0.5, 0.6) is 0 Å². The number of hydrogen-bond acceptors (Lipinski definition) is 3. The fourth-order valence-corrected chi connectivity index (χ4v) is 2.55. The maximum atomic E-state index is 13.1. The predicted molar refractivity (Wildman–Crippen MR) is 81.8 cm³/mol. The summed E-state index contributed by atoms with van der Waals surface area (Å²) in [5.74, 6) is -0.459. The number of carbonyl (C=O) groups excluding carboxylic acids is 1. The molecule has 0 unspecified atom stereocenters. The normalized spacial score (nSPS) is 17.5. The van der Waals surface area contributed by atoms with E-state index in [1.165, 1.54) is 12.1 Å². The van der Waals surface area contributed by atoms with E-state index >= 15 is 0 Å². The van der Waals surface area contributed by atoms with E-state index in [0.717, 1.165) is 0 Å². The van der Waals surface area contributed by atoms with Crippen LogP contribution in [-0.4, -0.2) is 48.7 Å². The van der Waals surface area contributed by atoms with E-state index in [1.807, 2.05) is 0 Å². The van der Waals surface area contributed by atoms with Crippen LogP contribution in [-0.2, 0) is 0 Å². The molecule has 2 rings (SSSR count). The number of nitrogens with one attached hydrogen (secondary N) is 1. The van der Waals surface area contributed by atoms with Gasteiger partial charge < -0.3 is 20.9 Å². The van der Waals surface area contributed by atoms with E-state index in [-0.39, 0.29) is 11.1 Å². The van der Waals surface area contributed by atoms with Crippen molar-refractivity contribution in [1.29, 1.82) is 0 Å². The van der Waals surface area contributed by atoms with Crippen molar-refractivity contribution < 1.29 is 9.18 Å². The number of nitrogens with zero attached hydrogens (tertiary/aromatic N) is 2. The van der Waals surface area contributed by atoms with Crippen LogP contribution in [0.25, 0.3) is 0 Å². The average Bonchev–Trinajstić information content (AvgIpc) is 2.43. The second-order valence-corrected chi connectivity index (χ2v) is 5.98. The molecule has 0 bridgehead atoms. The molecule has 1 heterocycles. The quantitative estimate of drug-likeness (QED) is 0.824. The van der Waals surface area contributed by atoms with Crippen LogP contribution in [0.4, 0.5) is 14.9 Å². The number of benzene rings is 1. The lowest BCUT2D eigenvalue weighted by Crippen LogP contribution is -2.57. The van der Waals surface area contributed by atoms with Crippen LogP contribution in [0.2, 0.25) is 5.02 Å². The molecule has 3 N–H and O–H groups in total. The van der Waals surface area contributed by atoms with Crippen LogP contribution in [0.1, 0.15) is 12.8 Å². The third kappa shape index (κ3) is 3.77. The molecule has 1 aromatic carbocycles. The molecule has 0 atom stereocenters. The van der Waals surface area contributed by atoms with Crippen molar-refractivity contribution in [2.24, 2.45) is 5.73 Å². The summed E-state index contributed by atoms with van der Waals surface area (Å²) in [6.07, 6.45) is 1.23. The number of piperidine rings is 1. The van der Waals surface area contributed by atoms with E-state index in [9.17, 15) is 9.18 Å². The van der Waals surface area contributed by atoms with Gasteiger partial charge in [0.15, 0.2) is 0 Å². The molecule has 5 nitrogen and oxygen atoms in total. The Kier molecular flexibility index (Phi) is 4.58. The minimum atomic E-state index is -0.621. The first-order valence-corrected chi connectivity index (χ1v) is 7.17. The summed E-state index contributed by atoms with van der Waals surface area (Å²) < 4.78 is 13.1. The Labute approximate surface area is 128 Å². The minimum absolute atomic E-state index is 0.0122. The zero-order valence-corrected chi connectivity index (χ0v) is 13.0. The standard InChI is InChI=1S/C14H20ClFN4O/c1-19(2)13(21)20-7-5-14(17,6-8-20)18-10-3-4-12(16)11(15)9-10/h3-4,9,18H,5-8,17H2,1-2H3. The molecule has 1 aliphatic heterocycles. The van der Waals surface area contributed by atoms with Crippen molar-refractivity contribution in [3.8, 4) is 0 Å². The zero-order chi connectivity index (χ0) is 15.6. The van der Waals surface area contributed by atoms with E-state index in [4.69, 9.17) is 17.3 Å². The summed E-state index contributed by atoms with van der Waals surface area (Å²) in [7, 11) is 3.46. The number of likely N-dealkylation sites (tertiary alicyclic amines) is 1. The van der Waals surface area contributed by atoms with Crippen molar-refractivity contribution in [3.63, 3.8) is 0 Å². The minimum Gasteiger partial charge on any atom is -0.367 e. The summed E-state index contributed by atoms with van der Waals surface area (Å²) in [5.41, 5.74) is 6.37. The second kappa shape index (κ2) is 6.07. The number of halogens is 2. The molecule has 0 spiro atoms. The second-order valence-electron chi connectivity index (χ2n) is 5.57. The van der Waals surface area contributed by atoms with Crippen molar-refractivity contribution in [2.45, 2.75) is 18.5 Å². The molecule has 1 saturated heterocycles. The first kappa shape index (κ1) is 15.9. The molecule has 1 aromatic rings. The number of rotatable bonds is 2. The van der Waals surface area contributed by atoms with Gasteiger partial charge in [0.2, 0.25) is 0 Å². The van der Waals surface area contributed by atoms with E-state index in [2.05, 4.69) is 5.32 Å². The molecule has 1 aliphatic rings. The number of hydrogen-bond donors (Lipinski definition) is 2. The third-order valence-corrected chi connectivity index (χ3v) is 3.91. The van der Waals surface area contributed by atoms with Gasteiger partial charge in [-0.25, -0.2) is 9.18 Å². The van der Waals surface area contributed by atoms with Gasteiger partial charge in [-0.15, -0.1) is 0 Å². The molecule has 1 fully saturated rings. The first-order valence-electron chi connectivity index (χ1n) is 6.79.